The van der Waals surface area contributed by atoms with Crippen LogP contribution in [-0.4, -0.2) is 17.4 Å². The quantitative estimate of drug-likeness (QED) is 0.799. The predicted octanol–water partition coefficient (Wildman–Crippen LogP) is 2.24. The van der Waals surface area contributed by atoms with Crippen molar-refractivity contribution in [1.29, 1.82) is 0 Å². The number of rotatable bonds is 1. The molecule has 18 heavy (non-hydrogen) atoms. The molecule has 0 bridgehead atoms. The number of hydrogen-bond acceptors (Lipinski definition) is 4. The molecule has 0 fully saturated rings. The minimum atomic E-state index is 0.0185. The molecule has 1 aromatic heterocycles. The molecule has 5 heteroatoms. The molecule has 2 N–H and O–H groups in total. The number of carbonyl (C=O) groups excluding carboxylic acids is 1. The van der Waals surface area contributed by atoms with Crippen molar-refractivity contribution in [1.82, 2.24) is 4.98 Å². The highest BCUT2D eigenvalue weighted by Crippen LogP contribution is 2.31. The summed E-state index contributed by atoms with van der Waals surface area (Å²) >= 11 is 1.43. The minimum absolute atomic E-state index is 0.0185. The molecular formula is C13H13N3OS. The van der Waals surface area contributed by atoms with Gasteiger partial charge in [-0.2, -0.15) is 0 Å². The minimum Gasteiger partial charge on any atom is -0.399 e. The first-order valence-electron chi connectivity index (χ1n) is 5.78. The topological polar surface area (TPSA) is 59.2 Å². The molecule has 0 aliphatic carbocycles. The van der Waals surface area contributed by atoms with Crippen LogP contribution in [-0.2, 0) is 6.42 Å². The summed E-state index contributed by atoms with van der Waals surface area (Å²) in [5, 5.41) is 0.908. The molecule has 0 saturated carbocycles. The van der Waals surface area contributed by atoms with E-state index >= 15 is 0 Å². The van der Waals surface area contributed by atoms with E-state index in [0.29, 0.717) is 17.1 Å². The molecule has 1 aromatic carbocycles. The second kappa shape index (κ2) is 4.10. The number of nitrogens with two attached hydrogens (primary N) is 1. The van der Waals surface area contributed by atoms with E-state index < -0.39 is 0 Å². The largest absolute Gasteiger partial charge is 0.399 e. The van der Waals surface area contributed by atoms with Crippen molar-refractivity contribution in [2.24, 2.45) is 0 Å². The van der Waals surface area contributed by atoms with Crippen LogP contribution in [0.4, 0.5) is 11.4 Å². The Morgan fingerprint density at radius 3 is 3.06 bits per heavy atom. The summed E-state index contributed by atoms with van der Waals surface area (Å²) in [7, 11) is 0. The van der Waals surface area contributed by atoms with Gasteiger partial charge >= 0.3 is 0 Å². The third-order valence-electron chi connectivity index (χ3n) is 3.08. The van der Waals surface area contributed by atoms with Gasteiger partial charge in [-0.1, -0.05) is 6.07 Å². The highest BCUT2D eigenvalue weighted by Gasteiger charge is 2.26. The van der Waals surface area contributed by atoms with Crippen LogP contribution in [0, 0.1) is 6.92 Å². The van der Waals surface area contributed by atoms with Crippen LogP contribution in [0.3, 0.4) is 0 Å². The van der Waals surface area contributed by atoms with Gasteiger partial charge in [-0.25, -0.2) is 4.98 Å². The van der Waals surface area contributed by atoms with Crippen molar-refractivity contribution in [3.05, 3.63) is 39.8 Å². The van der Waals surface area contributed by atoms with Crippen molar-refractivity contribution in [2.75, 3.05) is 17.2 Å². The molecule has 4 nitrogen and oxygen atoms in total. The Hall–Kier alpha value is -1.88. The number of nitrogens with zero attached hydrogens (tertiary/aromatic N) is 2. The van der Waals surface area contributed by atoms with Gasteiger partial charge in [0.05, 0.1) is 11.2 Å². The van der Waals surface area contributed by atoms with E-state index in [0.717, 1.165) is 17.1 Å². The molecule has 1 aliphatic heterocycles. The number of amides is 1. The molecule has 92 valence electrons. The van der Waals surface area contributed by atoms with E-state index in [1.54, 1.807) is 11.1 Å². The molecule has 0 unspecified atom stereocenters. The zero-order valence-corrected chi connectivity index (χ0v) is 10.8. The molecule has 2 aromatic rings. The molecule has 0 atom stereocenters. The molecule has 0 saturated heterocycles. The Balaban J connectivity index is 1.96. The first-order chi connectivity index (χ1) is 8.65. The Morgan fingerprint density at radius 2 is 2.33 bits per heavy atom. The molecule has 1 amide bonds. The summed E-state index contributed by atoms with van der Waals surface area (Å²) in [4.78, 5) is 19.0. The zero-order chi connectivity index (χ0) is 12.7. The second-order valence-electron chi connectivity index (χ2n) is 4.34. The first kappa shape index (κ1) is 11.2. The lowest BCUT2D eigenvalue weighted by molar-refractivity contribution is 0.0993. The molecular weight excluding hydrogens is 246 g/mol. The number of aromatic nitrogens is 1. The fourth-order valence-corrected chi connectivity index (χ4v) is 2.93. The number of hydrogen-bond donors (Lipinski definition) is 1. The number of carbonyl (C=O) groups is 1. The molecule has 0 spiro atoms. The summed E-state index contributed by atoms with van der Waals surface area (Å²) in [5.74, 6) is 0.0185. The van der Waals surface area contributed by atoms with Gasteiger partial charge in [0.25, 0.3) is 5.91 Å². The van der Waals surface area contributed by atoms with Gasteiger partial charge in [0.15, 0.2) is 0 Å². The van der Waals surface area contributed by atoms with Crippen LogP contribution in [0.1, 0.15) is 20.2 Å². The maximum absolute atomic E-state index is 12.4. The predicted molar refractivity (Wildman–Crippen MR) is 73.1 cm³/mol. The number of thiazole rings is 1. The monoisotopic (exact) mass is 259 g/mol. The molecule has 0 radical (unpaired) electrons. The fourth-order valence-electron chi connectivity index (χ4n) is 2.20. The highest BCUT2D eigenvalue weighted by molar-refractivity contribution is 7.13. The SMILES string of the molecule is Cc1ncc(C(=O)N2CCc3ccc(N)cc32)s1. The Kier molecular flexibility index (Phi) is 2.56. The van der Waals surface area contributed by atoms with Crippen LogP contribution < -0.4 is 10.6 Å². The lowest BCUT2D eigenvalue weighted by atomic mass is 10.1. The van der Waals surface area contributed by atoms with Crippen LogP contribution in [0.5, 0.6) is 0 Å². The third kappa shape index (κ3) is 1.76. The number of anilines is 2. The number of benzene rings is 1. The third-order valence-corrected chi connectivity index (χ3v) is 3.98. The second-order valence-corrected chi connectivity index (χ2v) is 5.57. The van der Waals surface area contributed by atoms with Gasteiger partial charge in [0, 0.05) is 17.9 Å². The maximum atomic E-state index is 12.4. The van der Waals surface area contributed by atoms with Crippen molar-refractivity contribution in [3.63, 3.8) is 0 Å². The lowest BCUT2D eigenvalue weighted by Crippen LogP contribution is -2.28. The van der Waals surface area contributed by atoms with Gasteiger partial charge in [-0.05, 0) is 31.0 Å². The summed E-state index contributed by atoms with van der Waals surface area (Å²) in [5.41, 5.74) is 8.59. The van der Waals surface area contributed by atoms with Crippen LogP contribution in [0.25, 0.3) is 0 Å². The highest BCUT2D eigenvalue weighted by atomic mass is 32.1. The summed E-state index contributed by atoms with van der Waals surface area (Å²) < 4.78 is 0. The smallest absolute Gasteiger partial charge is 0.270 e. The van der Waals surface area contributed by atoms with Crippen molar-refractivity contribution < 1.29 is 4.79 Å². The fraction of sp³-hybridized carbons (Fsp3) is 0.231. The van der Waals surface area contributed by atoms with E-state index in [2.05, 4.69) is 4.98 Å². The molecule has 3 rings (SSSR count). The van der Waals surface area contributed by atoms with Gasteiger partial charge < -0.3 is 10.6 Å². The number of fused-ring (bicyclic) bond motifs is 1. The van der Waals surface area contributed by atoms with Crippen molar-refractivity contribution >= 4 is 28.6 Å². The first-order valence-corrected chi connectivity index (χ1v) is 6.59. The summed E-state index contributed by atoms with van der Waals surface area (Å²) in [6.45, 7) is 2.62. The number of aryl methyl sites for hydroxylation is 1. The normalized spacial score (nSPS) is 13.7. The Morgan fingerprint density at radius 1 is 1.50 bits per heavy atom. The average Bonchev–Trinajstić information content (AvgIpc) is 2.94. The lowest BCUT2D eigenvalue weighted by Gasteiger charge is -2.16. The van der Waals surface area contributed by atoms with Gasteiger partial charge in [0.1, 0.15) is 4.88 Å². The van der Waals surface area contributed by atoms with Gasteiger partial charge in [-0.3, -0.25) is 4.79 Å². The summed E-state index contributed by atoms with van der Waals surface area (Å²) in [6.07, 6.45) is 2.53. The molecule has 1 aliphatic rings. The van der Waals surface area contributed by atoms with E-state index in [1.165, 1.54) is 16.9 Å². The Bertz CT molecular complexity index is 620. The van der Waals surface area contributed by atoms with Crippen molar-refractivity contribution in [3.8, 4) is 0 Å². The Labute approximate surface area is 109 Å². The van der Waals surface area contributed by atoms with Crippen LogP contribution in [0.15, 0.2) is 24.4 Å². The molecule has 2 heterocycles. The van der Waals surface area contributed by atoms with Crippen LogP contribution in [0.2, 0.25) is 0 Å². The zero-order valence-electron chi connectivity index (χ0n) is 10.0. The van der Waals surface area contributed by atoms with E-state index in [-0.39, 0.29) is 5.91 Å². The van der Waals surface area contributed by atoms with E-state index in [9.17, 15) is 4.79 Å². The van der Waals surface area contributed by atoms with Crippen molar-refractivity contribution in [2.45, 2.75) is 13.3 Å². The maximum Gasteiger partial charge on any atom is 0.270 e. The van der Waals surface area contributed by atoms with Gasteiger partial charge in [-0.15, -0.1) is 11.3 Å². The standard InChI is InChI=1S/C13H13N3OS/c1-8-15-7-12(18-8)13(17)16-5-4-9-2-3-10(14)6-11(9)16/h2-3,6-7H,4-5,14H2,1H3. The summed E-state index contributed by atoms with van der Waals surface area (Å²) in [6, 6.07) is 5.74. The van der Waals surface area contributed by atoms with E-state index in [4.69, 9.17) is 5.73 Å². The number of nitrogen functional groups attached to an aromatic ring is 1. The van der Waals surface area contributed by atoms with Gasteiger partial charge in [0.2, 0.25) is 0 Å². The average molecular weight is 259 g/mol. The van der Waals surface area contributed by atoms with E-state index in [1.807, 2.05) is 25.1 Å². The van der Waals surface area contributed by atoms with Crippen LogP contribution >= 0.6 is 11.3 Å².